The van der Waals surface area contributed by atoms with Crippen LogP contribution in [0.25, 0.3) is 10.9 Å². The van der Waals surface area contributed by atoms with E-state index in [0.717, 1.165) is 30.0 Å². The van der Waals surface area contributed by atoms with E-state index in [1.54, 1.807) is 99.5 Å². The number of pyridine rings is 1. The number of nitrogens with one attached hydrogen (secondary N) is 4. The first kappa shape index (κ1) is 59.2. The van der Waals surface area contributed by atoms with Gasteiger partial charge in [0.2, 0.25) is 11.3 Å². The first-order valence-corrected chi connectivity index (χ1v) is 27.2. The average molecular weight is 1130 g/mol. The maximum atomic E-state index is 15.5. The van der Waals surface area contributed by atoms with Gasteiger partial charge in [-0.2, -0.15) is 0 Å². The number of ether oxygens (including phenoxy) is 3. The first-order chi connectivity index (χ1) is 39.1. The minimum Gasteiger partial charge on any atom is -0.477 e. The van der Waals surface area contributed by atoms with Crippen LogP contribution in [-0.4, -0.2) is 139 Å². The number of aromatic nitrogens is 1. The third kappa shape index (κ3) is 13.6. The van der Waals surface area contributed by atoms with Crippen molar-refractivity contribution >= 4 is 70.0 Å². The van der Waals surface area contributed by atoms with Crippen molar-refractivity contribution in [3.05, 3.63) is 144 Å². The van der Waals surface area contributed by atoms with Crippen molar-refractivity contribution in [1.29, 1.82) is 0 Å². The zero-order chi connectivity index (χ0) is 59.1. The van der Waals surface area contributed by atoms with Gasteiger partial charge in [-0.25, -0.2) is 23.6 Å². The molecular formula is C60H66FN7O14. The number of cyclic esters (lactones) is 3. The molecule has 3 fully saturated rings. The molecule has 0 unspecified atom stereocenters. The van der Waals surface area contributed by atoms with E-state index in [0.29, 0.717) is 73.2 Å². The van der Waals surface area contributed by atoms with Crippen LogP contribution < -0.4 is 31.6 Å². The van der Waals surface area contributed by atoms with Crippen molar-refractivity contribution in [3.63, 3.8) is 0 Å². The second kappa shape index (κ2) is 25.7. The first-order valence-electron chi connectivity index (χ1n) is 27.2. The van der Waals surface area contributed by atoms with Crippen LogP contribution in [0, 0.1) is 47.4 Å². The Morgan fingerprint density at radius 1 is 0.598 bits per heavy atom. The van der Waals surface area contributed by atoms with Crippen molar-refractivity contribution in [1.82, 2.24) is 30.7 Å². The van der Waals surface area contributed by atoms with Crippen LogP contribution in [0.5, 0.6) is 0 Å². The number of halogens is 1. The molecule has 5 amide bonds. The summed E-state index contributed by atoms with van der Waals surface area (Å²) in [4.78, 5) is 137. The van der Waals surface area contributed by atoms with Gasteiger partial charge < -0.3 is 55.0 Å². The smallest absolute Gasteiger partial charge is 0.341 e. The quantitative estimate of drug-likeness (QED) is 0.0494. The number of amides is 5. The van der Waals surface area contributed by atoms with Crippen LogP contribution in [-0.2, 0) is 33.4 Å². The monoisotopic (exact) mass is 1130 g/mol. The number of aromatic carboxylic acids is 1. The molecule has 3 heterocycles. The van der Waals surface area contributed by atoms with Crippen molar-refractivity contribution < 1.29 is 66.9 Å². The molecule has 432 valence electrons. The summed E-state index contributed by atoms with van der Waals surface area (Å²) >= 11 is 0. The van der Waals surface area contributed by atoms with Gasteiger partial charge in [0.05, 0.1) is 11.2 Å². The SMILES string of the molecule is Cc1cccc(C(=O)N[C@H]2COC(=O)[C@@H](NC(=O)c3cccc(C)c3C)COC(=O)[C@@H](NC(=O)c3cc(C(=O)NCCCCCC(=O)N4CCN(c5cc6c(cc5F)c(=O)c(C(=O)O)cn6C5CC5)CC4)cc(C)c3C)COC2=O)c1C. The fourth-order valence-electron chi connectivity index (χ4n) is 9.88. The lowest BCUT2D eigenvalue weighted by molar-refractivity contribution is -0.160. The molecule has 0 spiro atoms. The number of benzene rings is 4. The number of nitrogens with zero attached hydrogens (tertiary/aromatic N) is 3. The molecule has 5 aromatic rings. The zero-order valence-corrected chi connectivity index (χ0v) is 46.5. The predicted octanol–water partition coefficient (Wildman–Crippen LogP) is 5.00. The number of piperazine rings is 1. The molecule has 82 heavy (non-hydrogen) atoms. The number of carbonyl (C=O) groups is 9. The zero-order valence-electron chi connectivity index (χ0n) is 46.5. The Kier molecular flexibility index (Phi) is 18.5. The van der Waals surface area contributed by atoms with Crippen molar-refractivity contribution in [2.24, 2.45) is 0 Å². The van der Waals surface area contributed by atoms with Crippen molar-refractivity contribution in [2.45, 2.75) is 104 Å². The van der Waals surface area contributed by atoms with Crippen LogP contribution in [0.1, 0.15) is 130 Å². The van der Waals surface area contributed by atoms with E-state index in [2.05, 4.69) is 21.3 Å². The number of hydrogen-bond acceptors (Lipinski definition) is 14. The summed E-state index contributed by atoms with van der Waals surface area (Å²) in [6.07, 6.45) is 4.89. The molecule has 2 aliphatic heterocycles. The van der Waals surface area contributed by atoms with Gasteiger partial charge in [-0.3, -0.25) is 28.8 Å². The van der Waals surface area contributed by atoms with Gasteiger partial charge in [0.15, 0.2) is 18.1 Å². The van der Waals surface area contributed by atoms with Gasteiger partial charge in [0, 0.05) is 79.0 Å². The Morgan fingerprint density at radius 3 is 1.62 bits per heavy atom. The maximum Gasteiger partial charge on any atom is 0.341 e. The molecule has 1 aromatic heterocycles. The molecule has 8 rings (SSSR count). The van der Waals surface area contributed by atoms with Gasteiger partial charge >= 0.3 is 23.9 Å². The standard InChI is InChI=1S/C60H66FN7O14/c1-32-12-10-14-40(35(32)4)54(72)63-46-29-80-58(77)47(64-55(73)41-15-11-13-33(2)36(41)5)30-81-60(79)48(31-82-59(46)78)65-56(74)42-25-38(24-34(3)37(42)6)53(71)62-19-9-7-8-16-51(69)67-22-20-66(21-23-67)50-27-49-43(26-45(50)61)52(70)44(57(75)76)28-68(49)39-17-18-39/h10-15,24-28,39,46-48H,7-9,16-23,29-31H2,1-6H3,(H,62,71)(H,63,72)(H,64,73)(H,65,74)(H,75,76)/t46-,47-,48-/m0/s1. The summed E-state index contributed by atoms with van der Waals surface area (Å²) in [6.45, 7) is 9.72. The number of unbranched alkanes of at least 4 members (excludes halogenated alkanes) is 2. The molecule has 22 heteroatoms. The number of rotatable bonds is 16. The molecular weight excluding hydrogens is 1060 g/mol. The van der Waals surface area contributed by atoms with E-state index in [9.17, 15) is 53.1 Å². The Hall–Kier alpha value is -8.95. The largest absolute Gasteiger partial charge is 0.477 e. The average Bonchev–Trinajstić information content (AvgIpc) is 4.44. The highest BCUT2D eigenvalue weighted by Gasteiger charge is 2.35. The summed E-state index contributed by atoms with van der Waals surface area (Å²) in [5.74, 6) is -8.17. The Morgan fingerprint density at radius 2 is 1.11 bits per heavy atom. The van der Waals surface area contributed by atoms with Crippen LogP contribution in [0.2, 0.25) is 0 Å². The molecule has 3 aliphatic rings. The van der Waals surface area contributed by atoms with Crippen LogP contribution in [0.4, 0.5) is 10.1 Å². The summed E-state index contributed by atoms with van der Waals surface area (Å²) in [6, 6.07) is 10.8. The molecule has 3 atom stereocenters. The number of carbonyl (C=O) groups excluding carboxylic acids is 8. The van der Waals surface area contributed by atoms with E-state index in [1.807, 2.05) is 4.90 Å². The summed E-state index contributed by atoms with van der Waals surface area (Å²) in [5, 5.41) is 20.1. The van der Waals surface area contributed by atoms with Gasteiger partial charge in [-0.05, 0) is 137 Å². The normalized spacial score (nSPS) is 17.8. The second-order valence-electron chi connectivity index (χ2n) is 21.0. The Labute approximate surface area is 471 Å². The van der Waals surface area contributed by atoms with Gasteiger partial charge in [-0.15, -0.1) is 0 Å². The molecule has 4 aromatic carbocycles. The minimum atomic E-state index is -1.70. The van der Waals surface area contributed by atoms with Crippen LogP contribution in [0.3, 0.4) is 0 Å². The molecule has 1 aliphatic carbocycles. The number of esters is 3. The number of anilines is 1. The number of aryl methyl sites for hydroxylation is 3. The third-order valence-corrected chi connectivity index (χ3v) is 15.4. The molecule has 2 saturated heterocycles. The van der Waals surface area contributed by atoms with Gasteiger partial charge in [0.1, 0.15) is 31.2 Å². The fraction of sp³-hybridized carbons (Fsp3) is 0.400. The molecule has 0 radical (unpaired) electrons. The van der Waals surface area contributed by atoms with Gasteiger partial charge in [-0.1, -0.05) is 30.7 Å². The highest BCUT2D eigenvalue weighted by molar-refractivity contribution is 6.03. The van der Waals surface area contributed by atoms with E-state index in [-0.39, 0.29) is 58.2 Å². The third-order valence-electron chi connectivity index (χ3n) is 15.4. The van der Waals surface area contributed by atoms with Gasteiger partial charge in [0.25, 0.3) is 23.6 Å². The van der Waals surface area contributed by atoms with E-state index < -0.39 is 102 Å². The van der Waals surface area contributed by atoms with Crippen molar-refractivity contribution in [3.8, 4) is 0 Å². The van der Waals surface area contributed by atoms with E-state index in [1.165, 1.54) is 12.3 Å². The van der Waals surface area contributed by atoms with E-state index in [4.69, 9.17) is 14.2 Å². The Bertz CT molecular complexity index is 3390. The molecule has 0 bridgehead atoms. The van der Waals surface area contributed by atoms with Crippen molar-refractivity contribution in [2.75, 3.05) is 57.4 Å². The summed E-state index contributed by atoms with van der Waals surface area (Å²) in [5.41, 5.74) is 4.09. The van der Waals surface area contributed by atoms with Crippen LogP contribution >= 0.6 is 0 Å². The number of carboxylic acids is 1. The fourth-order valence-corrected chi connectivity index (χ4v) is 9.88. The highest BCUT2D eigenvalue weighted by atomic mass is 19.1. The lowest BCUT2D eigenvalue weighted by Crippen LogP contribution is -2.53. The molecule has 5 N–H and O–H groups in total. The number of carboxylic acid groups (broad SMARTS) is 1. The van der Waals surface area contributed by atoms with E-state index >= 15 is 4.39 Å². The maximum absolute atomic E-state index is 15.5. The molecule has 1 saturated carbocycles. The Balaban J connectivity index is 0.860. The number of hydrogen-bond donors (Lipinski definition) is 5. The summed E-state index contributed by atoms with van der Waals surface area (Å²) in [7, 11) is 0. The summed E-state index contributed by atoms with van der Waals surface area (Å²) < 4.78 is 33.7. The highest BCUT2D eigenvalue weighted by Crippen LogP contribution is 2.38. The topological polar surface area (TPSA) is 278 Å². The lowest BCUT2D eigenvalue weighted by Gasteiger charge is -2.36. The molecule has 21 nitrogen and oxygen atoms in total. The second-order valence-corrected chi connectivity index (χ2v) is 21.0. The number of fused-ring (bicyclic) bond motifs is 1. The minimum absolute atomic E-state index is 0.00804. The van der Waals surface area contributed by atoms with Crippen LogP contribution in [0.15, 0.2) is 71.7 Å². The lowest BCUT2D eigenvalue weighted by atomic mass is 9.98. The predicted molar refractivity (Wildman–Crippen MR) is 297 cm³/mol.